The molecule has 22 heavy (non-hydrogen) atoms. The normalized spacial score (nSPS) is 12.6. The number of hydrogen-bond acceptors (Lipinski definition) is 4. The number of carbonyl (C=O) groups excluding carboxylic acids is 1. The highest BCUT2D eigenvalue weighted by Gasteiger charge is 2.24. The Labute approximate surface area is 129 Å². The van der Waals surface area contributed by atoms with Crippen molar-refractivity contribution in [2.75, 3.05) is 13.2 Å². The van der Waals surface area contributed by atoms with Gasteiger partial charge in [0.05, 0.1) is 25.3 Å². The fourth-order valence-corrected chi connectivity index (χ4v) is 2.70. The van der Waals surface area contributed by atoms with Gasteiger partial charge in [0.2, 0.25) is 0 Å². The molecule has 0 saturated carbocycles. The largest absolute Gasteiger partial charge is 0.462 e. The van der Waals surface area contributed by atoms with Gasteiger partial charge in [-0.05, 0) is 26.0 Å². The van der Waals surface area contributed by atoms with E-state index in [4.69, 9.17) is 9.84 Å². The summed E-state index contributed by atoms with van der Waals surface area (Å²) in [6.45, 7) is 6.85. The number of benzene rings is 1. The molecule has 0 fully saturated rings. The number of nitrogens with zero attached hydrogens (tertiary/aromatic N) is 2. The number of carbonyl (C=O) groups is 1. The van der Waals surface area contributed by atoms with Crippen LogP contribution in [0.3, 0.4) is 0 Å². The van der Waals surface area contributed by atoms with Crippen molar-refractivity contribution in [3.05, 3.63) is 29.6 Å². The summed E-state index contributed by atoms with van der Waals surface area (Å²) in [5.41, 5.74) is 2.31. The Balaban J connectivity index is 2.57. The number of aromatic nitrogens is 2. The van der Waals surface area contributed by atoms with Gasteiger partial charge in [0, 0.05) is 13.0 Å². The molecule has 120 valence electrons. The molecular formula is C16H23N2O4+. The molecule has 6 nitrogen and oxygen atoms in total. The first-order chi connectivity index (χ1) is 10.5. The van der Waals surface area contributed by atoms with E-state index in [1.165, 1.54) is 0 Å². The minimum Gasteiger partial charge on any atom is -0.462 e. The van der Waals surface area contributed by atoms with E-state index in [-0.39, 0.29) is 19.1 Å². The maximum absolute atomic E-state index is 11.9. The molecule has 0 aliphatic rings. The predicted molar refractivity (Wildman–Crippen MR) is 81.6 cm³/mol. The van der Waals surface area contributed by atoms with Crippen LogP contribution in [0.15, 0.2) is 18.2 Å². The molecule has 2 aromatic rings. The average molecular weight is 307 g/mol. The van der Waals surface area contributed by atoms with E-state index < -0.39 is 6.10 Å². The topological polar surface area (TPSA) is 75.6 Å². The average Bonchev–Trinajstić information content (AvgIpc) is 2.78. The first-order valence-corrected chi connectivity index (χ1v) is 7.52. The summed E-state index contributed by atoms with van der Waals surface area (Å²) < 4.78 is 9.06. The Morgan fingerprint density at radius 2 is 2.14 bits per heavy atom. The summed E-state index contributed by atoms with van der Waals surface area (Å²) in [4.78, 5) is 11.9. The molecule has 0 bridgehead atoms. The van der Waals surface area contributed by atoms with Crippen molar-refractivity contribution < 1.29 is 24.3 Å². The Bertz CT molecular complexity index is 678. The molecular weight excluding hydrogens is 284 g/mol. The van der Waals surface area contributed by atoms with Gasteiger partial charge in [0.1, 0.15) is 12.6 Å². The molecule has 0 aliphatic carbocycles. The summed E-state index contributed by atoms with van der Waals surface area (Å²) in [7, 11) is 0. The lowest BCUT2D eigenvalue weighted by molar-refractivity contribution is -0.675. The summed E-state index contributed by atoms with van der Waals surface area (Å²) in [6.07, 6.45) is -0.842. The van der Waals surface area contributed by atoms with E-state index in [1.54, 1.807) is 19.1 Å². The summed E-state index contributed by atoms with van der Waals surface area (Å²) >= 11 is 0. The van der Waals surface area contributed by atoms with Crippen LogP contribution < -0.4 is 4.57 Å². The second-order valence-electron chi connectivity index (χ2n) is 5.16. The molecule has 2 rings (SSSR count). The molecule has 0 aliphatic heterocycles. The van der Waals surface area contributed by atoms with Gasteiger partial charge in [-0.25, -0.2) is 13.9 Å². The quantitative estimate of drug-likeness (QED) is 0.611. The van der Waals surface area contributed by atoms with Gasteiger partial charge < -0.3 is 14.9 Å². The molecule has 0 amide bonds. The first-order valence-electron chi connectivity index (χ1n) is 7.52. The van der Waals surface area contributed by atoms with Gasteiger partial charge in [0.15, 0.2) is 11.0 Å². The fourth-order valence-electron chi connectivity index (χ4n) is 2.70. The monoisotopic (exact) mass is 307 g/mol. The van der Waals surface area contributed by atoms with Gasteiger partial charge in [0.25, 0.3) is 5.82 Å². The standard InChI is InChI=1S/C16H23N2O4/c1-4-17-11(3)18(9-13(20)10-19)15-8-12(6-7-14(15)17)16(21)22-5-2/h6-8,13,19-20H,4-5,9-10H2,1-3H3/q+1/t13-/m1/s1. The minimum atomic E-state index is -0.842. The van der Waals surface area contributed by atoms with E-state index in [0.29, 0.717) is 12.2 Å². The van der Waals surface area contributed by atoms with Crippen molar-refractivity contribution in [3.8, 4) is 0 Å². The highest BCUT2D eigenvalue weighted by Crippen LogP contribution is 2.18. The number of esters is 1. The van der Waals surface area contributed by atoms with Crippen LogP contribution >= 0.6 is 0 Å². The predicted octanol–water partition coefficient (Wildman–Crippen LogP) is 0.787. The lowest BCUT2D eigenvalue weighted by atomic mass is 10.2. The van der Waals surface area contributed by atoms with Crippen LogP contribution in [0.4, 0.5) is 0 Å². The van der Waals surface area contributed by atoms with Gasteiger partial charge in [-0.15, -0.1) is 0 Å². The fraction of sp³-hybridized carbons (Fsp3) is 0.500. The van der Waals surface area contributed by atoms with Crippen LogP contribution in [0.2, 0.25) is 0 Å². The van der Waals surface area contributed by atoms with E-state index >= 15 is 0 Å². The van der Waals surface area contributed by atoms with Crippen LogP contribution in [0.25, 0.3) is 11.0 Å². The first kappa shape index (κ1) is 16.5. The SMILES string of the molecule is CCOC(=O)c1ccc2c(c1)n(C[C@@H](O)CO)c(C)[n+]2CC. The van der Waals surface area contributed by atoms with Crippen molar-refractivity contribution in [2.45, 2.75) is 40.0 Å². The van der Waals surface area contributed by atoms with Crippen molar-refractivity contribution in [3.63, 3.8) is 0 Å². The Hall–Kier alpha value is -1.92. The number of ether oxygens (including phenoxy) is 1. The number of fused-ring (bicyclic) bond motifs is 1. The molecule has 1 atom stereocenters. The van der Waals surface area contributed by atoms with Crippen LogP contribution in [-0.2, 0) is 17.8 Å². The molecule has 0 radical (unpaired) electrons. The van der Waals surface area contributed by atoms with E-state index in [2.05, 4.69) is 4.57 Å². The van der Waals surface area contributed by atoms with Crippen molar-refractivity contribution >= 4 is 17.0 Å². The van der Waals surface area contributed by atoms with Crippen LogP contribution in [0.1, 0.15) is 30.0 Å². The third-order valence-corrected chi connectivity index (χ3v) is 3.77. The molecule has 0 spiro atoms. The molecule has 1 aromatic heterocycles. The Morgan fingerprint density at radius 3 is 2.73 bits per heavy atom. The zero-order valence-corrected chi connectivity index (χ0v) is 13.2. The molecule has 6 heteroatoms. The maximum atomic E-state index is 11.9. The van der Waals surface area contributed by atoms with Gasteiger partial charge >= 0.3 is 5.97 Å². The van der Waals surface area contributed by atoms with Crippen LogP contribution in [0.5, 0.6) is 0 Å². The maximum Gasteiger partial charge on any atom is 0.338 e. The molecule has 0 saturated heterocycles. The minimum absolute atomic E-state index is 0.276. The van der Waals surface area contributed by atoms with Crippen LogP contribution in [-0.4, -0.2) is 40.1 Å². The zero-order valence-electron chi connectivity index (χ0n) is 13.2. The van der Waals surface area contributed by atoms with E-state index in [1.807, 2.05) is 24.5 Å². The summed E-state index contributed by atoms with van der Waals surface area (Å²) in [6, 6.07) is 5.41. The number of imidazole rings is 1. The van der Waals surface area contributed by atoms with Gasteiger partial charge in [-0.1, -0.05) is 0 Å². The second kappa shape index (κ2) is 6.89. The number of aliphatic hydroxyl groups is 2. The van der Waals surface area contributed by atoms with Gasteiger partial charge in [-0.2, -0.15) is 0 Å². The molecule has 1 aromatic carbocycles. The Kier molecular flexibility index (Phi) is 5.15. The van der Waals surface area contributed by atoms with Crippen LogP contribution in [0, 0.1) is 6.92 Å². The summed E-state index contributed by atoms with van der Waals surface area (Å²) in [5, 5.41) is 18.9. The lowest BCUT2D eigenvalue weighted by Crippen LogP contribution is -2.35. The van der Waals surface area contributed by atoms with E-state index in [0.717, 1.165) is 23.4 Å². The number of hydrogen-bond donors (Lipinski definition) is 2. The number of aliphatic hydroxyl groups excluding tert-OH is 2. The molecule has 2 N–H and O–H groups in total. The van der Waals surface area contributed by atoms with Crippen molar-refractivity contribution in [2.24, 2.45) is 0 Å². The van der Waals surface area contributed by atoms with Crippen molar-refractivity contribution in [1.82, 2.24) is 4.57 Å². The lowest BCUT2D eigenvalue weighted by Gasteiger charge is -2.06. The molecule has 1 heterocycles. The zero-order chi connectivity index (χ0) is 16.3. The number of aryl methyl sites for hydroxylation is 1. The summed E-state index contributed by atoms with van der Waals surface area (Å²) in [5.74, 6) is 0.603. The highest BCUT2D eigenvalue weighted by atomic mass is 16.5. The smallest absolute Gasteiger partial charge is 0.338 e. The number of rotatable bonds is 6. The second-order valence-corrected chi connectivity index (χ2v) is 5.16. The third kappa shape index (κ3) is 2.98. The highest BCUT2D eigenvalue weighted by molar-refractivity contribution is 5.93. The van der Waals surface area contributed by atoms with Crippen molar-refractivity contribution in [1.29, 1.82) is 0 Å². The van der Waals surface area contributed by atoms with Gasteiger partial charge in [-0.3, -0.25) is 0 Å². The van der Waals surface area contributed by atoms with E-state index in [9.17, 15) is 9.90 Å². The Morgan fingerprint density at radius 1 is 1.41 bits per heavy atom. The molecule has 0 unspecified atom stereocenters. The third-order valence-electron chi connectivity index (χ3n) is 3.77.